The molecule has 0 amide bonds. The smallest absolute Gasteiger partial charge is 0.0677 e. The lowest BCUT2D eigenvalue weighted by molar-refractivity contribution is 0.158. The number of pyridine rings is 1. The maximum atomic E-state index is 9.98. The van der Waals surface area contributed by atoms with Crippen molar-refractivity contribution in [1.29, 1.82) is 0 Å². The minimum Gasteiger partial charge on any atom is -0.394 e. The molecule has 112 valence electrons. The van der Waals surface area contributed by atoms with Crippen molar-refractivity contribution in [3.63, 3.8) is 0 Å². The van der Waals surface area contributed by atoms with Gasteiger partial charge in [0, 0.05) is 23.0 Å². The summed E-state index contributed by atoms with van der Waals surface area (Å²) in [5.74, 6) is 0.937. The number of aromatic nitrogens is 1. The van der Waals surface area contributed by atoms with Crippen LogP contribution in [0.5, 0.6) is 0 Å². The molecule has 0 aliphatic carbocycles. The van der Waals surface area contributed by atoms with Gasteiger partial charge in [-0.2, -0.15) is 0 Å². The Labute approximate surface area is 130 Å². The Balaban J connectivity index is 2.06. The second-order valence-corrected chi connectivity index (χ2v) is 6.09. The van der Waals surface area contributed by atoms with Crippen molar-refractivity contribution in [2.45, 2.75) is 23.8 Å². The zero-order chi connectivity index (χ0) is 15.0. The van der Waals surface area contributed by atoms with Crippen molar-refractivity contribution < 1.29 is 5.11 Å². The number of benzene rings is 1. The summed E-state index contributed by atoms with van der Waals surface area (Å²) in [7, 11) is 0. The fourth-order valence-corrected chi connectivity index (χ4v) is 3.43. The van der Waals surface area contributed by atoms with Crippen molar-refractivity contribution in [3.05, 3.63) is 60.4 Å². The van der Waals surface area contributed by atoms with E-state index >= 15 is 0 Å². The Kier molecular flexibility index (Phi) is 6.23. The van der Waals surface area contributed by atoms with Gasteiger partial charge in [0.25, 0.3) is 0 Å². The molecule has 2 N–H and O–H groups in total. The van der Waals surface area contributed by atoms with Crippen LogP contribution in [0.3, 0.4) is 0 Å². The average Bonchev–Trinajstić information content (AvgIpc) is 2.56. The summed E-state index contributed by atoms with van der Waals surface area (Å²) in [6.45, 7) is 3.00. The number of thioether (sulfide) groups is 1. The Morgan fingerprint density at radius 3 is 2.48 bits per heavy atom. The van der Waals surface area contributed by atoms with Crippen LogP contribution in [0.25, 0.3) is 0 Å². The van der Waals surface area contributed by atoms with Gasteiger partial charge in [0.2, 0.25) is 0 Å². The lowest BCUT2D eigenvalue weighted by Crippen LogP contribution is -2.46. The molecule has 1 aromatic carbocycles. The Morgan fingerprint density at radius 2 is 1.86 bits per heavy atom. The molecule has 0 spiro atoms. The molecule has 0 aliphatic rings. The Morgan fingerprint density at radius 1 is 1.14 bits per heavy atom. The van der Waals surface area contributed by atoms with Crippen LogP contribution < -0.4 is 5.32 Å². The summed E-state index contributed by atoms with van der Waals surface area (Å²) >= 11 is 1.79. The Hall–Kier alpha value is -1.36. The summed E-state index contributed by atoms with van der Waals surface area (Å²) in [5, 5.41) is 13.4. The van der Waals surface area contributed by atoms with Crippen LogP contribution in [0.1, 0.15) is 18.9 Å². The van der Waals surface area contributed by atoms with Crippen LogP contribution >= 0.6 is 11.8 Å². The van der Waals surface area contributed by atoms with Crippen molar-refractivity contribution in [1.82, 2.24) is 10.3 Å². The summed E-state index contributed by atoms with van der Waals surface area (Å²) < 4.78 is 0. The molecule has 0 bridgehead atoms. The largest absolute Gasteiger partial charge is 0.394 e. The van der Waals surface area contributed by atoms with Crippen molar-refractivity contribution in [3.8, 4) is 0 Å². The van der Waals surface area contributed by atoms with Crippen LogP contribution in [-0.4, -0.2) is 29.0 Å². The third-order valence-electron chi connectivity index (χ3n) is 3.56. The first kappa shape index (κ1) is 16.0. The summed E-state index contributed by atoms with van der Waals surface area (Å²) in [4.78, 5) is 5.24. The molecule has 1 heterocycles. The predicted octanol–water partition coefficient (Wildman–Crippen LogP) is 3.06. The number of nitrogens with zero attached hydrogens (tertiary/aromatic N) is 1. The first-order valence-corrected chi connectivity index (χ1v) is 8.23. The van der Waals surface area contributed by atoms with E-state index < -0.39 is 0 Å². The van der Waals surface area contributed by atoms with Gasteiger partial charge in [-0.05, 0) is 30.7 Å². The molecular weight excluding hydrogens is 280 g/mol. The van der Waals surface area contributed by atoms with Gasteiger partial charge in [0.15, 0.2) is 0 Å². The van der Waals surface area contributed by atoms with E-state index in [0.29, 0.717) is 0 Å². The van der Waals surface area contributed by atoms with Crippen LogP contribution in [0.15, 0.2) is 59.8 Å². The molecule has 2 aromatic rings. The molecule has 21 heavy (non-hydrogen) atoms. The van der Waals surface area contributed by atoms with Crippen molar-refractivity contribution in [2.75, 3.05) is 18.9 Å². The monoisotopic (exact) mass is 302 g/mol. The number of aliphatic hydroxyl groups excluding tert-OH is 1. The SMILES string of the molecule is CCNC(CO)(CCSc1ccncc1)c1ccccc1. The van der Waals surface area contributed by atoms with E-state index in [1.807, 2.05) is 42.7 Å². The van der Waals surface area contributed by atoms with Gasteiger partial charge in [-0.25, -0.2) is 0 Å². The molecule has 0 radical (unpaired) electrons. The number of rotatable bonds is 8. The van der Waals surface area contributed by atoms with Gasteiger partial charge in [0.1, 0.15) is 0 Å². The highest BCUT2D eigenvalue weighted by Crippen LogP contribution is 2.28. The van der Waals surface area contributed by atoms with E-state index in [1.54, 1.807) is 11.8 Å². The predicted molar refractivity (Wildman–Crippen MR) is 88.5 cm³/mol. The number of hydrogen-bond acceptors (Lipinski definition) is 4. The van der Waals surface area contributed by atoms with Crippen molar-refractivity contribution in [2.24, 2.45) is 0 Å². The van der Waals surface area contributed by atoms with Gasteiger partial charge in [-0.3, -0.25) is 4.98 Å². The number of hydrogen-bond donors (Lipinski definition) is 2. The topological polar surface area (TPSA) is 45.1 Å². The molecule has 0 saturated heterocycles. The van der Waals surface area contributed by atoms with E-state index in [4.69, 9.17) is 0 Å². The average molecular weight is 302 g/mol. The van der Waals surface area contributed by atoms with Crippen LogP contribution in [-0.2, 0) is 5.54 Å². The number of aliphatic hydroxyl groups is 1. The van der Waals surface area contributed by atoms with Gasteiger partial charge in [0.05, 0.1) is 12.1 Å². The summed E-state index contributed by atoms with van der Waals surface area (Å²) in [5.41, 5.74) is 0.778. The normalized spacial score (nSPS) is 13.8. The van der Waals surface area contributed by atoms with E-state index in [9.17, 15) is 5.11 Å². The maximum Gasteiger partial charge on any atom is 0.0677 e. The number of likely N-dealkylation sites (N-methyl/N-ethyl adjacent to an activating group) is 1. The minimum atomic E-state index is -0.365. The zero-order valence-corrected chi connectivity index (χ0v) is 13.1. The lowest BCUT2D eigenvalue weighted by atomic mass is 9.88. The van der Waals surface area contributed by atoms with E-state index in [0.717, 1.165) is 24.3 Å². The fourth-order valence-electron chi connectivity index (χ4n) is 2.43. The highest BCUT2D eigenvalue weighted by molar-refractivity contribution is 7.99. The zero-order valence-electron chi connectivity index (χ0n) is 12.3. The molecule has 1 aromatic heterocycles. The van der Waals surface area contributed by atoms with Gasteiger partial charge in [-0.1, -0.05) is 37.3 Å². The first-order valence-electron chi connectivity index (χ1n) is 7.25. The third kappa shape index (κ3) is 4.30. The van der Waals surface area contributed by atoms with Crippen LogP contribution in [0.2, 0.25) is 0 Å². The standard InChI is InChI=1S/C17H22N2OS/c1-2-19-17(14-20,15-6-4-3-5-7-15)10-13-21-16-8-11-18-12-9-16/h3-9,11-12,19-20H,2,10,13-14H2,1H3. The minimum absolute atomic E-state index is 0.0990. The molecule has 2 rings (SSSR count). The fraction of sp³-hybridized carbons (Fsp3) is 0.353. The van der Waals surface area contributed by atoms with E-state index in [-0.39, 0.29) is 12.1 Å². The second kappa shape index (κ2) is 8.17. The quantitative estimate of drug-likeness (QED) is 0.736. The second-order valence-electron chi connectivity index (χ2n) is 4.92. The number of nitrogens with one attached hydrogen (secondary N) is 1. The van der Waals surface area contributed by atoms with Gasteiger partial charge >= 0.3 is 0 Å². The highest BCUT2D eigenvalue weighted by Gasteiger charge is 2.29. The lowest BCUT2D eigenvalue weighted by Gasteiger charge is -2.33. The molecule has 0 aliphatic heterocycles. The van der Waals surface area contributed by atoms with Crippen LogP contribution in [0.4, 0.5) is 0 Å². The van der Waals surface area contributed by atoms with Crippen molar-refractivity contribution >= 4 is 11.8 Å². The molecule has 0 saturated carbocycles. The molecular formula is C17H22N2OS. The summed E-state index contributed by atoms with van der Waals surface area (Å²) in [6.07, 6.45) is 4.49. The van der Waals surface area contributed by atoms with Gasteiger partial charge < -0.3 is 10.4 Å². The molecule has 1 unspecified atom stereocenters. The van der Waals surface area contributed by atoms with E-state index in [1.165, 1.54) is 4.90 Å². The highest BCUT2D eigenvalue weighted by atomic mass is 32.2. The molecule has 0 fully saturated rings. The first-order chi connectivity index (χ1) is 10.3. The molecule has 4 heteroatoms. The molecule has 1 atom stereocenters. The summed E-state index contributed by atoms with van der Waals surface area (Å²) in [6, 6.07) is 14.2. The van der Waals surface area contributed by atoms with E-state index in [2.05, 4.69) is 29.4 Å². The maximum absolute atomic E-state index is 9.98. The van der Waals surface area contributed by atoms with Gasteiger partial charge in [-0.15, -0.1) is 11.8 Å². The molecule has 3 nitrogen and oxygen atoms in total. The third-order valence-corrected chi connectivity index (χ3v) is 4.57. The Bertz CT molecular complexity index is 521. The van der Waals surface area contributed by atoms with Crippen LogP contribution in [0, 0.1) is 0 Å².